The van der Waals surface area contributed by atoms with Crippen molar-refractivity contribution in [3.05, 3.63) is 27.9 Å². The summed E-state index contributed by atoms with van der Waals surface area (Å²) in [5.74, 6) is -3.70. The summed E-state index contributed by atoms with van der Waals surface area (Å²) in [6.45, 7) is 14.2. The van der Waals surface area contributed by atoms with Gasteiger partial charge in [0.05, 0.1) is 46.0 Å². The van der Waals surface area contributed by atoms with Crippen molar-refractivity contribution in [3.8, 4) is 0 Å². The first-order valence-electron chi connectivity index (χ1n) is 13.6. The van der Waals surface area contributed by atoms with E-state index in [1.165, 1.54) is 6.92 Å². The molecule has 2 aliphatic rings. The molecule has 3 unspecified atom stereocenters. The first-order valence-corrected chi connectivity index (χ1v) is 19.8. The molecule has 0 aromatic heterocycles. The summed E-state index contributed by atoms with van der Waals surface area (Å²) in [7, 11) is 0. The molecule has 0 N–H and O–H groups in total. The van der Waals surface area contributed by atoms with Crippen LogP contribution in [0.4, 0.5) is 8.78 Å². The van der Waals surface area contributed by atoms with Crippen molar-refractivity contribution in [3.63, 3.8) is 0 Å². The number of hydroxylamine groups is 2. The van der Waals surface area contributed by atoms with Gasteiger partial charge in [-0.1, -0.05) is 78.2 Å². The molecule has 41 heavy (non-hydrogen) atoms. The van der Waals surface area contributed by atoms with E-state index in [0.717, 1.165) is 0 Å². The number of esters is 1. The number of piperidine rings is 1. The van der Waals surface area contributed by atoms with Crippen molar-refractivity contribution in [2.45, 2.75) is 91.0 Å². The number of rotatable bonds is 9. The average Bonchev–Trinajstić information content (AvgIpc) is 2.96. The molecule has 1 aromatic rings. The van der Waals surface area contributed by atoms with Crippen molar-refractivity contribution in [2.24, 2.45) is 11.3 Å². The zero-order valence-electron chi connectivity index (χ0n) is 24.7. The van der Waals surface area contributed by atoms with Gasteiger partial charge in [-0.25, -0.2) is 13.6 Å². The van der Waals surface area contributed by atoms with E-state index in [-0.39, 0.29) is 48.0 Å². The summed E-state index contributed by atoms with van der Waals surface area (Å²) in [4.78, 5) is 31.2. The van der Waals surface area contributed by atoms with Crippen LogP contribution in [0.3, 0.4) is 0 Å². The van der Waals surface area contributed by atoms with E-state index in [2.05, 4.69) is 43.6 Å². The van der Waals surface area contributed by atoms with E-state index in [1.54, 1.807) is 22.6 Å². The standard InChI is InChI=1S/C29H40F2I3NO6/c1-10-26(6)13-29(17(4)27(7,11-2)35(26)41-18(5)36)39-15-28(12-3,16-40-29)14-38-25(37)19-23(33-8)20(30)22(32)21(31)24(19)34-9/h17H,8-16H2,1-7H3. The lowest BCUT2D eigenvalue weighted by molar-refractivity contribution is -0.402. The number of ether oxygens (including phenoxy) is 3. The van der Waals surface area contributed by atoms with Gasteiger partial charge in [0.1, 0.15) is 6.61 Å². The summed E-state index contributed by atoms with van der Waals surface area (Å²) in [6.07, 6.45) is 2.47. The summed E-state index contributed by atoms with van der Waals surface area (Å²) in [6, 6.07) is 0. The third-order valence-electron chi connectivity index (χ3n) is 9.06. The number of hydrogen-bond donors (Lipinski definition) is 0. The van der Waals surface area contributed by atoms with E-state index in [9.17, 15) is 18.4 Å². The van der Waals surface area contributed by atoms with Gasteiger partial charge in [-0.2, -0.15) is 0 Å². The molecule has 2 fully saturated rings. The van der Waals surface area contributed by atoms with Gasteiger partial charge in [0, 0.05) is 19.3 Å². The average molecular weight is 917 g/mol. The van der Waals surface area contributed by atoms with Crippen LogP contribution in [0.1, 0.15) is 84.5 Å². The predicted octanol–water partition coefficient (Wildman–Crippen LogP) is 7.17. The zero-order chi connectivity index (χ0) is 31.0. The number of nitrogens with zero attached hydrogens (tertiary/aromatic N) is 1. The van der Waals surface area contributed by atoms with Crippen LogP contribution in [-0.4, -0.2) is 62.7 Å². The molecular weight excluding hydrogens is 877 g/mol. The number of benzene rings is 1. The van der Waals surface area contributed by atoms with E-state index < -0.39 is 81.3 Å². The summed E-state index contributed by atoms with van der Waals surface area (Å²) in [5, 5.41) is 1.85. The van der Waals surface area contributed by atoms with Crippen LogP contribution < -0.4 is 0 Å². The van der Waals surface area contributed by atoms with Crippen molar-refractivity contribution in [1.82, 2.24) is 5.06 Å². The van der Waals surface area contributed by atoms with Crippen LogP contribution in [0, 0.1) is 33.7 Å². The third kappa shape index (κ3) is 6.34. The molecule has 2 saturated heterocycles. The van der Waals surface area contributed by atoms with E-state index >= 15 is 0 Å². The Kier molecular flexibility index (Phi) is 11.6. The molecule has 3 rings (SSSR count). The summed E-state index contributed by atoms with van der Waals surface area (Å²) in [5.41, 5.74) is -1.79. The second kappa shape index (κ2) is 13.4. The molecule has 12 heteroatoms. The highest BCUT2D eigenvalue weighted by atomic mass is 127. The highest BCUT2D eigenvalue weighted by Crippen LogP contribution is 2.54. The van der Waals surface area contributed by atoms with Gasteiger partial charge in [0.15, 0.2) is 17.4 Å². The molecule has 232 valence electrons. The quantitative estimate of drug-likeness (QED) is 0.113. The molecule has 2 aliphatic heterocycles. The topological polar surface area (TPSA) is 74.3 Å². The molecule has 7 nitrogen and oxygen atoms in total. The Labute approximate surface area is 275 Å². The number of halogens is 5. The van der Waals surface area contributed by atoms with Gasteiger partial charge in [0.25, 0.3) is 0 Å². The van der Waals surface area contributed by atoms with Crippen molar-refractivity contribution in [1.29, 1.82) is 0 Å². The highest BCUT2D eigenvalue weighted by Gasteiger charge is 2.64. The second-order valence-electron chi connectivity index (χ2n) is 11.4. The maximum Gasteiger partial charge on any atom is 0.340 e. The first kappa shape index (κ1) is 35.3. The van der Waals surface area contributed by atoms with Gasteiger partial charge >= 0.3 is 11.9 Å². The highest BCUT2D eigenvalue weighted by molar-refractivity contribution is 14.2. The number of carbonyl (C=O) groups is 2. The number of carbonyl (C=O) groups excluding carboxylic acids is 2. The van der Waals surface area contributed by atoms with Crippen molar-refractivity contribution >= 4 is 85.0 Å². The zero-order valence-corrected chi connectivity index (χ0v) is 31.2. The molecule has 1 aromatic carbocycles. The molecule has 0 amide bonds. The molecule has 2 heterocycles. The normalized spacial score (nSPS) is 32.2. The Hall–Kier alpha value is -0.170. The summed E-state index contributed by atoms with van der Waals surface area (Å²) < 4.78 is 56.8. The molecule has 0 bridgehead atoms. The summed E-state index contributed by atoms with van der Waals surface area (Å²) >= 11 is -0.588. The SMILES string of the molecule is C=Ic1c(F)c(I)c(F)c(I=C)c1C(=O)OCC1(CC)COC2(CC(C)(CC)N(OC(C)=O)C(C)(CC)C2C)OC1. The van der Waals surface area contributed by atoms with E-state index in [4.69, 9.17) is 19.0 Å². The molecule has 0 saturated carbocycles. The van der Waals surface area contributed by atoms with Gasteiger partial charge in [-0.3, -0.25) is 4.79 Å². The smallest absolute Gasteiger partial charge is 0.340 e. The van der Waals surface area contributed by atoms with Gasteiger partial charge in [0.2, 0.25) is 0 Å². The predicted molar refractivity (Wildman–Crippen MR) is 181 cm³/mol. The fourth-order valence-electron chi connectivity index (χ4n) is 5.78. The lowest BCUT2D eigenvalue weighted by atomic mass is 9.66. The molecule has 3 atom stereocenters. The molecule has 0 aliphatic carbocycles. The Morgan fingerprint density at radius 2 is 1.59 bits per heavy atom. The van der Waals surface area contributed by atoms with Crippen LogP contribution >= 0.6 is 64.1 Å². The van der Waals surface area contributed by atoms with Crippen LogP contribution in [0.2, 0.25) is 0 Å². The lowest BCUT2D eigenvalue weighted by Crippen LogP contribution is -2.74. The van der Waals surface area contributed by atoms with Crippen LogP contribution in [-0.2, 0) is 23.8 Å². The first-order chi connectivity index (χ1) is 19.1. The second-order valence-corrected chi connectivity index (χ2v) is 16.1. The number of hydrogen-bond acceptors (Lipinski definition) is 7. The minimum absolute atomic E-state index is 0.0263. The van der Waals surface area contributed by atoms with Crippen molar-refractivity contribution in [2.75, 3.05) is 19.8 Å². The minimum Gasteiger partial charge on any atom is -0.461 e. The van der Waals surface area contributed by atoms with E-state index in [0.29, 0.717) is 25.7 Å². The fraction of sp³-hybridized carbons (Fsp3) is 0.655. The lowest BCUT2D eigenvalue weighted by Gasteiger charge is -2.63. The minimum atomic E-state index is -1.11. The van der Waals surface area contributed by atoms with E-state index in [1.807, 2.05) is 12.0 Å². The Morgan fingerprint density at radius 3 is 2.00 bits per heavy atom. The van der Waals surface area contributed by atoms with Gasteiger partial charge in [-0.05, 0) is 55.7 Å². The molecule has 1 spiro atoms. The monoisotopic (exact) mass is 917 g/mol. The fourth-order valence-corrected chi connectivity index (χ4v) is 10.8. The largest absolute Gasteiger partial charge is 0.461 e. The van der Waals surface area contributed by atoms with Crippen molar-refractivity contribution < 1.29 is 37.4 Å². The van der Waals surface area contributed by atoms with Gasteiger partial charge < -0.3 is 19.0 Å². The van der Waals surface area contributed by atoms with Gasteiger partial charge in [-0.15, -0.1) is 5.06 Å². The maximum absolute atomic E-state index is 14.9. The molecular formula is C29H40F2I3NO6. The Balaban J connectivity index is 1.88. The van der Waals surface area contributed by atoms with Crippen LogP contribution in [0.5, 0.6) is 0 Å². The maximum atomic E-state index is 14.9. The van der Waals surface area contributed by atoms with Crippen LogP contribution in [0.15, 0.2) is 0 Å². The Morgan fingerprint density at radius 1 is 1.05 bits per heavy atom. The molecule has 0 radical (unpaired) electrons. The third-order valence-corrected chi connectivity index (χ3v) is 13.6. The Bertz CT molecular complexity index is 1190. The van der Waals surface area contributed by atoms with Crippen LogP contribution in [0.25, 0.3) is 0 Å².